The summed E-state index contributed by atoms with van der Waals surface area (Å²) >= 11 is 0.613. The minimum atomic E-state index is 0.613. The van der Waals surface area contributed by atoms with Crippen molar-refractivity contribution in [1.29, 1.82) is 0 Å². The molecule has 22 valence electrons. The molecule has 0 aliphatic carbocycles. The Labute approximate surface area is 42.0 Å². The average molecular weight is 251 g/mol. The summed E-state index contributed by atoms with van der Waals surface area (Å²) in [6.07, 6.45) is 1.45. The molecule has 0 aliphatic rings. The predicted molar refractivity (Wildman–Crippen MR) is 18.4 cm³/mol. The van der Waals surface area contributed by atoms with Crippen molar-refractivity contribution in [3.05, 3.63) is 12.8 Å². The second kappa shape index (κ2) is 3.46. The Morgan fingerprint density at radius 3 is 2.25 bits per heavy atom. The first-order valence-corrected chi connectivity index (χ1v) is 2.71. The van der Waals surface area contributed by atoms with Gasteiger partial charge in [0.1, 0.15) is 0 Å². The van der Waals surface area contributed by atoms with Crippen molar-refractivity contribution in [2.75, 3.05) is 0 Å². The van der Waals surface area contributed by atoms with Crippen molar-refractivity contribution >= 4 is 26.2 Å². The zero-order valence-electron chi connectivity index (χ0n) is 2.27. The first-order valence-electron chi connectivity index (χ1n) is 0.880. The standard InChI is InChI=1S/C2H4O.Pb.H/c1-2-3;;/h2-3H,1H2;;/q;+1;/p-1. The van der Waals surface area contributed by atoms with Crippen LogP contribution < -0.4 is 0 Å². The summed E-state index contributed by atoms with van der Waals surface area (Å²) in [5.74, 6) is 0. The van der Waals surface area contributed by atoms with Gasteiger partial charge in [-0.2, -0.15) is 0 Å². The van der Waals surface area contributed by atoms with Gasteiger partial charge in [-0.05, 0) is 0 Å². The Morgan fingerprint density at radius 2 is 2.25 bits per heavy atom. The van der Waals surface area contributed by atoms with E-state index in [9.17, 15) is 0 Å². The van der Waals surface area contributed by atoms with Gasteiger partial charge in [-0.1, -0.05) is 0 Å². The van der Waals surface area contributed by atoms with E-state index in [0.29, 0.717) is 26.2 Å². The maximum absolute atomic E-state index is 4.47. The number of hydrogen-bond acceptors (Lipinski definition) is 1. The van der Waals surface area contributed by atoms with E-state index in [0.717, 1.165) is 0 Å². The van der Waals surface area contributed by atoms with Crippen LogP contribution in [-0.4, -0.2) is 26.2 Å². The van der Waals surface area contributed by atoms with Crippen molar-refractivity contribution in [3.8, 4) is 0 Å². The SMILES string of the molecule is C=C[O][PbH]. The van der Waals surface area contributed by atoms with E-state index in [2.05, 4.69) is 9.27 Å². The molecule has 0 aromatic heterocycles. The van der Waals surface area contributed by atoms with Gasteiger partial charge in [0.2, 0.25) is 0 Å². The van der Waals surface area contributed by atoms with E-state index < -0.39 is 0 Å². The molecule has 0 unspecified atom stereocenters. The summed E-state index contributed by atoms with van der Waals surface area (Å²) < 4.78 is 4.47. The fourth-order valence-electron chi connectivity index (χ4n) is 0. The van der Waals surface area contributed by atoms with Gasteiger partial charge in [-0.3, -0.25) is 0 Å². The second-order valence-electron chi connectivity index (χ2n) is 0.303. The van der Waals surface area contributed by atoms with Crippen LogP contribution in [0.5, 0.6) is 0 Å². The first-order chi connectivity index (χ1) is 1.91. The van der Waals surface area contributed by atoms with E-state index in [1.54, 1.807) is 0 Å². The summed E-state index contributed by atoms with van der Waals surface area (Å²) in [5, 5.41) is 0. The van der Waals surface area contributed by atoms with Gasteiger partial charge in [0.15, 0.2) is 0 Å². The van der Waals surface area contributed by atoms with Crippen LogP contribution in [0.1, 0.15) is 0 Å². The predicted octanol–water partition coefficient (Wildman–Crippen LogP) is -0.0377. The maximum atomic E-state index is 4.47. The fraction of sp³-hybridized carbons (Fsp3) is 0. The average Bonchev–Trinajstić information content (AvgIpc) is 1.37. The van der Waals surface area contributed by atoms with Gasteiger partial charge >= 0.3 is 41.7 Å². The molecule has 4 heavy (non-hydrogen) atoms. The Kier molecular flexibility index (Phi) is 3.86. The van der Waals surface area contributed by atoms with Crippen LogP contribution in [-0.2, 0) is 2.69 Å². The minimum absolute atomic E-state index is 0.613. The third-order valence-corrected chi connectivity index (χ3v) is 0.844. The van der Waals surface area contributed by atoms with Crippen LogP contribution in [0.2, 0.25) is 0 Å². The zero-order valence-corrected chi connectivity index (χ0v) is 6.76. The normalized spacial score (nSPS) is 5.25. The van der Waals surface area contributed by atoms with Gasteiger partial charge in [-0.15, -0.1) is 0 Å². The molecular formula is C2H4OPb. The van der Waals surface area contributed by atoms with Gasteiger partial charge in [0, 0.05) is 0 Å². The van der Waals surface area contributed by atoms with Crippen molar-refractivity contribution in [2.45, 2.75) is 0 Å². The molecular weight excluding hydrogens is 247 g/mol. The van der Waals surface area contributed by atoms with Gasteiger partial charge in [-0.25, -0.2) is 0 Å². The van der Waals surface area contributed by atoms with E-state index >= 15 is 0 Å². The molecule has 0 bridgehead atoms. The van der Waals surface area contributed by atoms with Crippen LogP contribution in [0.3, 0.4) is 0 Å². The molecule has 0 rings (SSSR count). The van der Waals surface area contributed by atoms with Crippen LogP contribution in [0.4, 0.5) is 0 Å². The third kappa shape index (κ3) is 2.46. The topological polar surface area (TPSA) is 9.23 Å². The van der Waals surface area contributed by atoms with Crippen molar-refractivity contribution in [3.63, 3.8) is 0 Å². The Hall–Kier alpha value is 0.462. The quantitative estimate of drug-likeness (QED) is 0.469. The van der Waals surface area contributed by atoms with Gasteiger partial charge < -0.3 is 0 Å². The second-order valence-corrected chi connectivity index (χ2v) is 1.36. The molecule has 0 N–H and O–H groups in total. The summed E-state index contributed by atoms with van der Waals surface area (Å²) in [7, 11) is 0. The van der Waals surface area contributed by atoms with E-state index in [-0.39, 0.29) is 0 Å². The van der Waals surface area contributed by atoms with Crippen LogP contribution in [0.25, 0.3) is 0 Å². The fourth-order valence-corrected chi connectivity index (χ4v) is 0. The molecule has 0 heterocycles. The molecule has 2 heteroatoms. The van der Waals surface area contributed by atoms with E-state index in [4.69, 9.17) is 0 Å². The van der Waals surface area contributed by atoms with Crippen LogP contribution in [0, 0.1) is 0 Å². The third-order valence-electron chi connectivity index (χ3n) is 0.0962. The van der Waals surface area contributed by atoms with E-state index in [1.807, 2.05) is 0 Å². The van der Waals surface area contributed by atoms with Crippen LogP contribution in [0.15, 0.2) is 12.8 Å². The van der Waals surface area contributed by atoms with Crippen molar-refractivity contribution in [1.82, 2.24) is 0 Å². The Bertz CT molecular complexity index is 20.0. The molecule has 0 saturated heterocycles. The molecule has 0 saturated carbocycles. The Balaban J connectivity index is 2.30. The molecule has 0 amide bonds. The van der Waals surface area contributed by atoms with E-state index in [1.165, 1.54) is 6.26 Å². The monoisotopic (exact) mass is 252 g/mol. The zero-order chi connectivity index (χ0) is 3.41. The molecule has 0 spiro atoms. The molecule has 2 radical (unpaired) electrons. The molecule has 1 nitrogen and oxygen atoms in total. The molecule has 0 fully saturated rings. The van der Waals surface area contributed by atoms with Crippen molar-refractivity contribution < 1.29 is 2.69 Å². The summed E-state index contributed by atoms with van der Waals surface area (Å²) in [4.78, 5) is 0. The summed E-state index contributed by atoms with van der Waals surface area (Å²) in [6, 6.07) is 0. The molecule has 0 atom stereocenters. The Morgan fingerprint density at radius 1 is 2.00 bits per heavy atom. The molecule has 0 aromatic rings. The summed E-state index contributed by atoms with van der Waals surface area (Å²) in [5.41, 5.74) is 0. The first kappa shape index (κ1) is 4.46. The number of rotatable bonds is 1. The van der Waals surface area contributed by atoms with Gasteiger partial charge in [0.05, 0.1) is 0 Å². The summed E-state index contributed by atoms with van der Waals surface area (Å²) in [6.45, 7) is 3.30. The number of hydrogen-bond donors (Lipinski definition) is 0. The molecule has 0 aliphatic heterocycles. The molecule has 0 aromatic carbocycles. The van der Waals surface area contributed by atoms with Gasteiger partial charge in [0.25, 0.3) is 0 Å². The van der Waals surface area contributed by atoms with Crippen molar-refractivity contribution in [2.24, 2.45) is 0 Å². The van der Waals surface area contributed by atoms with Crippen LogP contribution >= 0.6 is 0 Å².